The Bertz CT molecular complexity index is 1350. The normalized spacial score (nSPS) is 16.4. The largest absolute Gasteiger partial charge is 0.358 e. The van der Waals surface area contributed by atoms with Crippen LogP contribution in [-0.4, -0.2) is 38.1 Å². The Morgan fingerprint density at radius 1 is 1.19 bits per heavy atom. The molecule has 1 aliphatic heterocycles. The van der Waals surface area contributed by atoms with Gasteiger partial charge in [-0.15, -0.1) is 0 Å². The first kappa shape index (κ1) is 20.1. The lowest BCUT2D eigenvalue weighted by Gasteiger charge is -2.38. The van der Waals surface area contributed by atoms with Gasteiger partial charge >= 0.3 is 0 Å². The molecule has 5 rings (SSSR count). The molecule has 0 aliphatic carbocycles. The summed E-state index contributed by atoms with van der Waals surface area (Å²) in [7, 11) is 0. The molecule has 0 amide bonds. The minimum Gasteiger partial charge on any atom is -0.358 e. The van der Waals surface area contributed by atoms with Gasteiger partial charge in [0.05, 0.1) is 18.1 Å². The van der Waals surface area contributed by atoms with Crippen LogP contribution in [-0.2, 0) is 4.79 Å². The summed E-state index contributed by atoms with van der Waals surface area (Å²) in [5.74, 6) is 1.25. The zero-order valence-corrected chi connectivity index (χ0v) is 18.2. The van der Waals surface area contributed by atoms with Crippen molar-refractivity contribution in [2.45, 2.75) is 25.9 Å². The number of amidine groups is 1. The van der Waals surface area contributed by atoms with Crippen LogP contribution in [0.4, 0.5) is 17.2 Å². The highest BCUT2D eigenvalue weighted by molar-refractivity contribution is 6.31. The van der Waals surface area contributed by atoms with Crippen molar-refractivity contribution < 1.29 is 4.79 Å². The van der Waals surface area contributed by atoms with E-state index in [1.807, 2.05) is 55.1 Å². The van der Waals surface area contributed by atoms with Crippen molar-refractivity contribution >= 4 is 52.1 Å². The zero-order valence-electron chi connectivity index (χ0n) is 17.5. The van der Waals surface area contributed by atoms with Gasteiger partial charge in [-0.3, -0.25) is 0 Å². The molecule has 2 N–H and O–H groups in total. The fourth-order valence-electron chi connectivity index (χ4n) is 4.09. The molecule has 160 valence electrons. The number of carbonyl (C=O) groups excluding carboxylic acids is 1. The van der Waals surface area contributed by atoms with Crippen LogP contribution in [0, 0.1) is 6.92 Å². The molecular weight excluding hydrogens is 426 g/mol. The molecular formula is C23H20ClN7O. The predicted molar refractivity (Wildman–Crippen MR) is 126 cm³/mol. The Morgan fingerprint density at radius 3 is 2.84 bits per heavy atom. The minimum absolute atomic E-state index is 0.306. The van der Waals surface area contributed by atoms with E-state index in [1.165, 1.54) is 6.33 Å². The Morgan fingerprint density at radius 2 is 2.03 bits per heavy atom. The lowest BCUT2D eigenvalue weighted by atomic mass is 9.95. The SMILES string of the molecule is Cc1cccc2c1C(C=O)N(c1cccc(Cl)c1)C(C(C)Nc1ncnc3[nH]cnc13)=N2. The van der Waals surface area contributed by atoms with Gasteiger partial charge in [-0.05, 0) is 43.7 Å². The van der Waals surface area contributed by atoms with Crippen LogP contribution in [0.2, 0.25) is 5.02 Å². The number of aryl methyl sites for hydroxylation is 1. The van der Waals surface area contributed by atoms with E-state index in [4.69, 9.17) is 16.6 Å². The second-order valence-corrected chi connectivity index (χ2v) is 8.03. The van der Waals surface area contributed by atoms with E-state index in [0.29, 0.717) is 27.8 Å². The minimum atomic E-state index is -0.544. The van der Waals surface area contributed by atoms with E-state index in [1.54, 1.807) is 12.4 Å². The molecule has 8 nitrogen and oxygen atoms in total. The van der Waals surface area contributed by atoms with Gasteiger partial charge in [-0.2, -0.15) is 0 Å². The number of halogens is 1. The van der Waals surface area contributed by atoms with Crippen molar-refractivity contribution in [3.8, 4) is 0 Å². The van der Waals surface area contributed by atoms with Crippen molar-refractivity contribution in [1.29, 1.82) is 0 Å². The molecule has 0 fully saturated rings. The van der Waals surface area contributed by atoms with E-state index in [2.05, 4.69) is 25.3 Å². The van der Waals surface area contributed by atoms with E-state index < -0.39 is 6.04 Å². The summed E-state index contributed by atoms with van der Waals surface area (Å²) in [6.45, 7) is 3.96. The summed E-state index contributed by atoms with van der Waals surface area (Å²) in [5.41, 5.74) is 4.71. The lowest BCUT2D eigenvalue weighted by Crippen LogP contribution is -2.46. The van der Waals surface area contributed by atoms with Crippen molar-refractivity contribution in [1.82, 2.24) is 19.9 Å². The number of nitrogens with zero attached hydrogens (tertiary/aromatic N) is 5. The van der Waals surface area contributed by atoms with Crippen LogP contribution < -0.4 is 10.2 Å². The Balaban J connectivity index is 1.64. The number of hydrogen-bond donors (Lipinski definition) is 2. The highest BCUT2D eigenvalue weighted by Gasteiger charge is 2.34. The molecule has 0 spiro atoms. The molecule has 4 aromatic rings. The smallest absolute Gasteiger partial charge is 0.162 e. The van der Waals surface area contributed by atoms with Crippen LogP contribution in [0.3, 0.4) is 0 Å². The number of carbonyl (C=O) groups is 1. The fourth-order valence-corrected chi connectivity index (χ4v) is 4.27. The van der Waals surface area contributed by atoms with Crippen LogP contribution >= 0.6 is 11.6 Å². The molecule has 2 aromatic heterocycles. The third-order valence-electron chi connectivity index (χ3n) is 5.53. The number of nitrogens with one attached hydrogen (secondary N) is 2. The molecule has 0 saturated carbocycles. The van der Waals surface area contributed by atoms with Crippen molar-refractivity contribution in [2.75, 3.05) is 10.2 Å². The van der Waals surface area contributed by atoms with Gasteiger partial charge in [0.15, 0.2) is 11.5 Å². The van der Waals surface area contributed by atoms with Gasteiger partial charge in [0.1, 0.15) is 30.0 Å². The summed E-state index contributed by atoms with van der Waals surface area (Å²) < 4.78 is 0. The van der Waals surface area contributed by atoms with Gasteiger partial charge in [0.2, 0.25) is 0 Å². The first-order valence-electron chi connectivity index (χ1n) is 10.2. The number of anilines is 2. The second-order valence-electron chi connectivity index (χ2n) is 7.60. The molecule has 0 radical (unpaired) electrons. The van der Waals surface area contributed by atoms with Crippen LogP contribution in [0.1, 0.15) is 24.1 Å². The third-order valence-corrected chi connectivity index (χ3v) is 5.76. The van der Waals surface area contributed by atoms with E-state index in [-0.39, 0.29) is 6.04 Å². The average Bonchev–Trinajstić information content (AvgIpc) is 3.28. The second kappa shape index (κ2) is 8.05. The number of aliphatic imine (C=N–C) groups is 1. The average molecular weight is 446 g/mol. The maximum absolute atomic E-state index is 12.4. The lowest BCUT2D eigenvalue weighted by molar-refractivity contribution is -0.108. The van der Waals surface area contributed by atoms with Gasteiger partial charge in [0, 0.05) is 16.3 Å². The van der Waals surface area contributed by atoms with Crippen molar-refractivity contribution in [3.05, 3.63) is 71.3 Å². The van der Waals surface area contributed by atoms with Gasteiger partial charge in [-0.25, -0.2) is 19.9 Å². The summed E-state index contributed by atoms with van der Waals surface area (Å²) in [4.78, 5) is 35.2. The quantitative estimate of drug-likeness (QED) is 0.435. The number of aromatic amines is 1. The van der Waals surface area contributed by atoms with Crippen LogP contribution in [0.5, 0.6) is 0 Å². The number of H-pyrrole nitrogens is 1. The maximum atomic E-state index is 12.4. The first-order valence-corrected chi connectivity index (χ1v) is 10.5. The number of imidazole rings is 1. The topological polar surface area (TPSA) is 99.2 Å². The molecule has 0 saturated heterocycles. The molecule has 2 unspecified atom stereocenters. The Kier molecular flexibility index (Phi) is 5.07. The highest BCUT2D eigenvalue weighted by atomic mass is 35.5. The molecule has 32 heavy (non-hydrogen) atoms. The van der Waals surface area contributed by atoms with E-state index >= 15 is 0 Å². The van der Waals surface area contributed by atoms with Gasteiger partial charge in [-0.1, -0.05) is 29.8 Å². The van der Waals surface area contributed by atoms with Gasteiger partial charge in [0.25, 0.3) is 0 Å². The molecule has 0 bridgehead atoms. The van der Waals surface area contributed by atoms with Crippen LogP contribution in [0.15, 0.2) is 60.1 Å². The summed E-state index contributed by atoms with van der Waals surface area (Å²) in [6.07, 6.45) is 4.00. The number of rotatable bonds is 5. The third kappa shape index (κ3) is 3.38. The summed E-state index contributed by atoms with van der Waals surface area (Å²) in [6, 6.07) is 12.4. The monoisotopic (exact) mass is 445 g/mol. The summed E-state index contributed by atoms with van der Waals surface area (Å²) >= 11 is 6.30. The molecule has 2 atom stereocenters. The predicted octanol–water partition coefficient (Wildman–Crippen LogP) is 4.61. The number of aromatic nitrogens is 4. The van der Waals surface area contributed by atoms with Crippen LogP contribution in [0.25, 0.3) is 11.2 Å². The molecule has 1 aliphatic rings. The van der Waals surface area contributed by atoms with Crippen molar-refractivity contribution in [3.63, 3.8) is 0 Å². The molecule has 3 heterocycles. The maximum Gasteiger partial charge on any atom is 0.162 e. The van der Waals surface area contributed by atoms with Gasteiger partial charge < -0.3 is 20.0 Å². The fraction of sp³-hybridized carbons (Fsp3) is 0.174. The van der Waals surface area contributed by atoms with E-state index in [9.17, 15) is 4.79 Å². The van der Waals surface area contributed by atoms with E-state index in [0.717, 1.165) is 28.8 Å². The number of benzene rings is 2. The molecule has 9 heteroatoms. The Hall–Kier alpha value is -3.78. The number of hydrogen-bond acceptors (Lipinski definition) is 7. The number of fused-ring (bicyclic) bond motifs is 2. The standard InChI is InChI=1S/C23H20ClN7O/c1-13-5-3-8-17-19(13)18(10-32)31(16-7-4-6-15(24)9-16)23(30-17)14(2)29-22-20-21(26-11-25-20)27-12-28-22/h3-12,14,18H,1-2H3,(H2,25,26,27,28,29). The Labute approximate surface area is 189 Å². The van der Waals surface area contributed by atoms with Crippen molar-refractivity contribution in [2.24, 2.45) is 4.99 Å². The highest BCUT2D eigenvalue weighted by Crippen LogP contribution is 2.40. The number of aldehydes is 1. The molecule has 2 aromatic carbocycles. The first-order chi connectivity index (χ1) is 15.6. The summed E-state index contributed by atoms with van der Waals surface area (Å²) in [5, 5.41) is 3.97. The zero-order chi connectivity index (χ0) is 22.2.